The molecular weight excluding hydrogens is 208 g/mol. The first-order valence-corrected chi connectivity index (χ1v) is 6.43. The monoisotopic (exact) mass is 234 g/mol. The summed E-state index contributed by atoms with van der Waals surface area (Å²) in [6.45, 7) is 7.75. The maximum absolute atomic E-state index is 3.67. The van der Waals surface area contributed by atoms with E-state index in [1.54, 1.807) is 0 Å². The fourth-order valence-corrected chi connectivity index (χ4v) is 1.71. The zero-order valence-corrected chi connectivity index (χ0v) is 11.8. The summed E-state index contributed by atoms with van der Waals surface area (Å²) in [6, 6.07) is 11.1. The molecule has 2 nitrogen and oxygen atoms in total. The summed E-state index contributed by atoms with van der Waals surface area (Å²) in [7, 11) is 4.26. The smallest absolute Gasteiger partial charge is 0.0318 e. The van der Waals surface area contributed by atoms with Crippen molar-refractivity contribution < 1.29 is 0 Å². The third-order valence-electron chi connectivity index (χ3n) is 3.60. The summed E-state index contributed by atoms with van der Waals surface area (Å²) in [5, 5.41) is 3.67. The molecule has 1 N–H and O–H groups in total. The van der Waals surface area contributed by atoms with Gasteiger partial charge in [0.1, 0.15) is 0 Å². The van der Waals surface area contributed by atoms with Gasteiger partial charge >= 0.3 is 0 Å². The van der Waals surface area contributed by atoms with Gasteiger partial charge in [0.05, 0.1) is 0 Å². The highest BCUT2D eigenvalue weighted by atomic mass is 15.2. The van der Waals surface area contributed by atoms with E-state index < -0.39 is 0 Å². The van der Waals surface area contributed by atoms with Gasteiger partial charge in [0, 0.05) is 18.1 Å². The fraction of sp³-hybridized carbons (Fsp3) is 0.600. The van der Waals surface area contributed by atoms with Crippen LogP contribution in [0.4, 0.5) is 0 Å². The lowest BCUT2D eigenvalue weighted by molar-refractivity contribution is 0.183. The Labute approximate surface area is 106 Å². The normalized spacial score (nSPS) is 14.0. The molecule has 0 heterocycles. The van der Waals surface area contributed by atoms with Crippen molar-refractivity contribution in [1.82, 2.24) is 10.2 Å². The molecule has 0 spiro atoms. The molecule has 96 valence electrons. The highest BCUT2D eigenvalue weighted by Crippen LogP contribution is 2.17. The quantitative estimate of drug-likeness (QED) is 0.814. The molecule has 0 aliphatic carbocycles. The zero-order valence-electron chi connectivity index (χ0n) is 11.8. The summed E-state index contributed by atoms with van der Waals surface area (Å²) >= 11 is 0. The van der Waals surface area contributed by atoms with Crippen LogP contribution in [0.1, 0.15) is 38.8 Å². The molecule has 1 aromatic rings. The van der Waals surface area contributed by atoms with Crippen LogP contribution < -0.4 is 5.32 Å². The second kappa shape index (κ2) is 6.18. The molecule has 2 heteroatoms. The molecule has 1 aromatic carbocycles. The van der Waals surface area contributed by atoms with Crippen LogP contribution in [0.3, 0.4) is 0 Å². The molecule has 0 radical (unpaired) electrons. The molecule has 0 saturated carbocycles. The molecule has 1 atom stereocenters. The van der Waals surface area contributed by atoms with Crippen molar-refractivity contribution in [2.75, 3.05) is 20.6 Å². The van der Waals surface area contributed by atoms with Crippen molar-refractivity contribution in [2.45, 2.75) is 38.8 Å². The van der Waals surface area contributed by atoms with E-state index in [1.807, 2.05) is 0 Å². The van der Waals surface area contributed by atoms with Crippen molar-refractivity contribution in [3.63, 3.8) is 0 Å². The third kappa shape index (κ3) is 4.14. The van der Waals surface area contributed by atoms with Crippen LogP contribution in [0.2, 0.25) is 0 Å². The van der Waals surface area contributed by atoms with Gasteiger partial charge in [-0.15, -0.1) is 0 Å². The highest BCUT2D eigenvalue weighted by Gasteiger charge is 2.21. The van der Waals surface area contributed by atoms with E-state index in [9.17, 15) is 0 Å². The van der Waals surface area contributed by atoms with E-state index in [1.165, 1.54) is 5.56 Å². The Hall–Kier alpha value is -0.860. The summed E-state index contributed by atoms with van der Waals surface area (Å²) in [4.78, 5) is 2.26. The van der Waals surface area contributed by atoms with Gasteiger partial charge in [-0.2, -0.15) is 0 Å². The topological polar surface area (TPSA) is 15.3 Å². The first-order chi connectivity index (χ1) is 7.97. The molecule has 0 bridgehead atoms. The predicted molar refractivity (Wildman–Crippen MR) is 75.2 cm³/mol. The second-order valence-corrected chi connectivity index (χ2v) is 5.46. The molecule has 1 rings (SSSR count). The van der Waals surface area contributed by atoms with Gasteiger partial charge in [0.2, 0.25) is 0 Å². The van der Waals surface area contributed by atoms with E-state index in [4.69, 9.17) is 0 Å². The van der Waals surface area contributed by atoms with Gasteiger partial charge in [-0.25, -0.2) is 0 Å². The molecule has 17 heavy (non-hydrogen) atoms. The minimum absolute atomic E-state index is 0.183. The van der Waals surface area contributed by atoms with E-state index >= 15 is 0 Å². The fourth-order valence-electron chi connectivity index (χ4n) is 1.71. The number of hydrogen-bond donors (Lipinski definition) is 1. The van der Waals surface area contributed by atoms with E-state index in [0.29, 0.717) is 6.04 Å². The van der Waals surface area contributed by atoms with Gasteiger partial charge in [-0.3, -0.25) is 0 Å². The van der Waals surface area contributed by atoms with Crippen LogP contribution in [-0.2, 0) is 0 Å². The van der Waals surface area contributed by atoms with Crippen LogP contribution in [0.15, 0.2) is 30.3 Å². The summed E-state index contributed by atoms with van der Waals surface area (Å²) < 4.78 is 0. The van der Waals surface area contributed by atoms with E-state index in [-0.39, 0.29) is 5.54 Å². The Morgan fingerprint density at radius 2 is 1.76 bits per heavy atom. The van der Waals surface area contributed by atoms with Crippen LogP contribution in [0, 0.1) is 0 Å². The summed E-state index contributed by atoms with van der Waals surface area (Å²) in [6.07, 6.45) is 1.12. The average Bonchev–Trinajstić information content (AvgIpc) is 2.31. The number of nitrogens with one attached hydrogen (secondary N) is 1. The van der Waals surface area contributed by atoms with Crippen LogP contribution in [0.25, 0.3) is 0 Å². The third-order valence-corrected chi connectivity index (χ3v) is 3.60. The first kappa shape index (κ1) is 14.2. The molecule has 0 aliphatic rings. The second-order valence-electron chi connectivity index (χ2n) is 5.46. The molecular formula is C15H26N2. The standard InChI is InChI=1S/C15H26N2/c1-6-14(13-10-8-7-9-11-13)16-12-15(2,3)17(4)5/h7-11,14,16H,6,12H2,1-5H3. The first-order valence-electron chi connectivity index (χ1n) is 6.43. The lowest BCUT2D eigenvalue weighted by atomic mass is 10.0. The van der Waals surface area contributed by atoms with Crippen LogP contribution in [0.5, 0.6) is 0 Å². The Bertz CT molecular complexity index is 317. The van der Waals surface area contributed by atoms with Gasteiger partial charge in [0.15, 0.2) is 0 Å². The lowest BCUT2D eigenvalue weighted by Gasteiger charge is -2.34. The maximum atomic E-state index is 3.67. The molecule has 0 aliphatic heterocycles. The van der Waals surface area contributed by atoms with Crippen molar-refractivity contribution in [3.8, 4) is 0 Å². The highest BCUT2D eigenvalue weighted by molar-refractivity contribution is 5.18. The summed E-state index contributed by atoms with van der Waals surface area (Å²) in [5.74, 6) is 0. The number of benzene rings is 1. The average molecular weight is 234 g/mol. The Kier molecular flexibility index (Phi) is 5.16. The van der Waals surface area contributed by atoms with Gasteiger partial charge in [0.25, 0.3) is 0 Å². The Morgan fingerprint density at radius 1 is 1.18 bits per heavy atom. The van der Waals surface area contributed by atoms with Crippen LogP contribution in [-0.4, -0.2) is 31.1 Å². The minimum Gasteiger partial charge on any atom is -0.308 e. The zero-order chi connectivity index (χ0) is 12.9. The number of likely N-dealkylation sites (N-methyl/N-ethyl adjacent to an activating group) is 1. The minimum atomic E-state index is 0.183. The van der Waals surface area contributed by atoms with Crippen molar-refractivity contribution in [3.05, 3.63) is 35.9 Å². The van der Waals surface area contributed by atoms with Crippen LogP contribution >= 0.6 is 0 Å². The SMILES string of the molecule is CCC(NCC(C)(C)N(C)C)c1ccccc1. The van der Waals surface area contributed by atoms with Crippen molar-refractivity contribution in [1.29, 1.82) is 0 Å². The van der Waals surface area contributed by atoms with E-state index in [2.05, 4.69) is 75.4 Å². The Balaban J connectivity index is 2.60. The number of nitrogens with zero attached hydrogens (tertiary/aromatic N) is 1. The summed E-state index contributed by atoms with van der Waals surface area (Å²) in [5.41, 5.74) is 1.56. The molecule has 0 fully saturated rings. The molecule has 1 unspecified atom stereocenters. The maximum Gasteiger partial charge on any atom is 0.0318 e. The van der Waals surface area contributed by atoms with Gasteiger partial charge in [-0.1, -0.05) is 37.3 Å². The van der Waals surface area contributed by atoms with Gasteiger partial charge < -0.3 is 10.2 Å². The predicted octanol–water partition coefficient (Wildman–Crippen LogP) is 3.07. The lowest BCUT2D eigenvalue weighted by Crippen LogP contribution is -2.47. The molecule has 0 amide bonds. The van der Waals surface area contributed by atoms with Crippen molar-refractivity contribution >= 4 is 0 Å². The van der Waals surface area contributed by atoms with E-state index in [0.717, 1.165) is 13.0 Å². The number of hydrogen-bond acceptors (Lipinski definition) is 2. The molecule has 0 aromatic heterocycles. The van der Waals surface area contributed by atoms with Gasteiger partial charge in [-0.05, 0) is 39.9 Å². The largest absolute Gasteiger partial charge is 0.308 e. The molecule has 0 saturated heterocycles. The Morgan fingerprint density at radius 3 is 2.24 bits per heavy atom. The number of rotatable bonds is 6. The van der Waals surface area contributed by atoms with Crippen molar-refractivity contribution in [2.24, 2.45) is 0 Å².